The average Bonchev–Trinajstić information content (AvgIpc) is 2.46. The number of likely N-dealkylation sites (tertiary alicyclic amines) is 1. The van der Waals surface area contributed by atoms with Gasteiger partial charge in [-0.05, 0) is 37.1 Å². The molecule has 21 heavy (non-hydrogen) atoms. The zero-order chi connectivity index (χ0) is 15.5. The third kappa shape index (κ3) is 4.43. The van der Waals surface area contributed by atoms with Gasteiger partial charge in [-0.2, -0.15) is 13.2 Å². The van der Waals surface area contributed by atoms with Crippen LogP contribution in [0.25, 0.3) is 0 Å². The molecule has 0 spiro atoms. The number of rotatable bonds is 4. The number of alkyl halides is 3. The summed E-state index contributed by atoms with van der Waals surface area (Å²) in [4.78, 5) is 2.21. The summed E-state index contributed by atoms with van der Waals surface area (Å²) in [6, 6.07) is 4.81. The lowest BCUT2D eigenvalue weighted by atomic mass is 10.0. The van der Waals surface area contributed by atoms with Crippen LogP contribution < -0.4 is 5.73 Å². The van der Waals surface area contributed by atoms with Crippen molar-refractivity contribution in [2.24, 2.45) is 5.73 Å². The number of ether oxygens (including phenoxy) is 1. The Hall–Kier alpha value is -1.11. The van der Waals surface area contributed by atoms with Crippen molar-refractivity contribution in [3.8, 4) is 0 Å². The second-order valence-electron chi connectivity index (χ2n) is 5.49. The first-order valence-electron chi connectivity index (χ1n) is 7.08. The van der Waals surface area contributed by atoms with E-state index in [-0.39, 0.29) is 12.1 Å². The third-order valence-corrected chi connectivity index (χ3v) is 3.92. The summed E-state index contributed by atoms with van der Waals surface area (Å²) >= 11 is 0. The quantitative estimate of drug-likeness (QED) is 0.929. The topological polar surface area (TPSA) is 38.5 Å². The zero-order valence-electron chi connectivity index (χ0n) is 12.1. The van der Waals surface area contributed by atoms with Gasteiger partial charge >= 0.3 is 6.18 Å². The molecule has 1 saturated heterocycles. The highest BCUT2D eigenvalue weighted by Crippen LogP contribution is 2.29. The first-order valence-corrected chi connectivity index (χ1v) is 7.08. The Kier molecular flexibility index (Phi) is 5.24. The molecule has 2 N–H and O–H groups in total. The summed E-state index contributed by atoms with van der Waals surface area (Å²) in [6.07, 6.45) is -1.99. The molecule has 3 nitrogen and oxygen atoms in total. The maximum atomic E-state index is 12.5. The van der Waals surface area contributed by atoms with Crippen molar-refractivity contribution in [1.29, 1.82) is 0 Å². The van der Waals surface area contributed by atoms with Crippen LogP contribution in [-0.4, -0.2) is 37.7 Å². The fourth-order valence-corrected chi connectivity index (χ4v) is 2.67. The minimum Gasteiger partial charge on any atom is -0.380 e. The van der Waals surface area contributed by atoms with Gasteiger partial charge in [-0.15, -0.1) is 0 Å². The van der Waals surface area contributed by atoms with Crippen LogP contribution in [0.1, 0.15) is 30.0 Å². The average molecular weight is 302 g/mol. The summed E-state index contributed by atoms with van der Waals surface area (Å²) < 4.78 is 42.9. The third-order valence-electron chi connectivity index (χ3n) is 3.92. The smallest absolute Gasteiger partial charge is 0.380 e. The van der Waals surface area contributed by atoms with Gasteiger partial charge in [0.1, 0.15) is 0 Å². The van der Waals surface area contributed by atoms with Crippen molar-refractivity contribution in [2.45, 2.75) is 31.2 Å². The van der Waals surface area contributed by atoms with Crippen molar-refractivity contribution in [2.75, 3.05) is 26.7 Å². The zero-order valence-corrected chi connectivity index (χ0v) is 12.1. The maximum Gasteiger partial charge on any atom is 0.416 e. The van der Waals surface area contributed by atoms with E-state index >= 15 is 0 Å². The summed E-state index contributed by atoms with van der Waals surface area (Å²) in [7, 11) is 1.70. The number of nitrogens with two attached hydrogens (primary N) is 1. The molecule has 118 valence electrons. The Morgan fingerprint density at radius 2 is 2.00 bits per heavy atom. The Bertz CT molecular complexity index is 447. The van der Waals surface area contributed by atoms with Crippen LogP contribution in [0.15, 0.2) is 24.3 Å². The lowest BCUT2D eigenvalue weighted by Crippen LogP contribution is -2.42. The van der Waals surface area contributed by atoms with E-state index in [1.807, 2.05) is 0 Å². The van der Waals surface area contributed by atoms with Crippen LogP contribution in [0, 0.1) is 0 Å². The van der Waals surface area contributed by atoms with E-state index in [0.29, 0.717) is 6.54 Å². The first-order chi connectivity index (χ1) is 9.90. The highest BCUT2D eigenvalue weighted by Gasteiger charge is 2.30. The van der Waals surface area contributed by atoms with Crippen LogP contribution in [0.2, 0.25) is 0 Å². The van der Waals surface area contributed by atoms with Crippen molar-refractivity contribution in [3.05, 3.63) is 35.4 Å². The molecule has 0 aromatic heterocycles. The van der Waals surface area contributed by atoms with Gasteiger partial charge in [0.25, 0.3) is 0 Å². The van der Waals surface area contributed by atoms with Gasteiger partial charge in [0.2, 0.25) is 0 Å². The van der Waals surface area contributed by atoms with Crippen LogP contribution in [-0.2, 0) is 10.9 Å². The van der Waals surface area contributed by atoms with E-state index in [0.717, 1.165) is 43.6 Å². The molecule has 1 aliphatic heterocycles. The molecule has 6 heteroatoms. The number of nitrogens with zero attached hydrogens (tertiary/aromatic N) is 1. The van der Waals surface area contributed by atoms with Gasteiger partial charge in [0, 0.05) is 26.2 Å². The van der Waals surface area contributed by atoms with Gasteiger partial charge in [-0.25, -0.2) is 0 Å². The molecule has 0 radical (unpaired) electrons. The fourth-order valence-electron chi connectivity index (χ4n) is 2.67. The van der Waals surface area contributed by atoms with Crippen LogP contribution >= 0.6 is 0 Å². The van der Waals surface area contributed by atoms with Crippen molar-refractivity contribution in [1.82, 2.24) is 4.90 Å². The highest BCUT2D eigenvalue weighted by molar-refractivity contribution is 5.26. The van der Waals surface area contributed by atoms with Crippen molar-refractivity contribution in [3.63, 3.8) is 0 Å². The number of hydrogen-bond donors (Lipinski definition) is 1. The molecule has 2 rings (SSSR count). The maximum absolute atomic E-state index is 12.5. The number of halogens is 3. The van der Waals surface area contributed by atoms with Crippen LogP contribution in [0.5, 0.6) is 0 Å². The molecule has 1 aromatic rings. The molecule has 2 atom stereocenters. The molecule has 0 saturated carbocycles. The van der Waals surface area contributed by atoms with Gasteiger partial charge in [0.15, 0.2) is 0 Å². The monoisotopic (exact) mass is 302 g/mol. The Labute approximate surface area is 122 Å². The molecule has 0 aliphatic carbocycles. The highest BCUT2D eigenvalue weighted by atomic mass is 19.4. The predicted octanol–water partition coefficient (Wildman–Crippen LogP) is 2.82. The number of methoxy groups -OCH3 is 1. The molecular formula is C15H21F3N2O. The predicted molar refractivity (Wildman–Crippen MR) is 74.8 cm³/mol. The van der Waals surface area contributed by atoms with Crippen LogP contribution in [0.3, 0.4) is 0 Å². The van der Waals surface area contributed by atoms with E-state index in [9.17, 15) is 13.2 Å². The minimum absolute atomic E-state index is 0.221. The van der Waals surface area contributed by atoms with E-state index in [1.165, 1.54) is 12.1 Å². The molecule has 2 unspecified atom stereocenters. The Morgan fingerprint density at radius 1 is 1.33 bits per heavy atom. The molecule has 1 aromatic carbocycles. The molecular weight excluding hydrogens is 281 g/mol. The molecule has 1 aliphatic rings. The standard InChI is InChI=1S/C15H21F3N2O/c1-21-13-3-2-8-20(9-13)10-14(19)11-4-6-12(7-5-11)15(16,17)18/h4-7,13-14H,2-3,8-10,19H2,1H3. The second-order valence-corrected chi connectivity index (χ2v) is 5.49. The lowest BCUT2D eigenvalue weighted by molar-refractivity contribution is -0.137. The van der Waals surface area contributed by atoms with E-state index in [4.69, 9.17) is 10.5 Å². The number of benzene rings is 1. The van der Waals surface area contributed by atoms with Gasteiger partial charge < -0.3 is 10.5 Å². The number of hydrogen-bond acceptors (Lipinski definition) is 3. The van der Waals surface area contributed by atoms with Crippen molar-refractivity contribution < 1.29 is 17.9 Å². The summed E-state index contributed by atoms with van der Waals surface area (Å²) in [6.45, 7) is 2.41. The Morgan fingerprint density at radius 3 is 2.57 bits per heavy atom. The summed E-state index contributed by atoms with van der Waals surface area (Å²) in [5.74, 6) is 0. The molecule has 1 heterocycles. The second kappa shape index (κ2) is 6.77. The Balaban J connectivity index is 1.95. The van der Waals surface area contributed by atoms with Crippen LogP contribution in [0.4, 0.5) is 13.2 Å². The minimum atomic E-state index is -4.30. The normalized spacial score (nSPS) is 22.2. The summed E-state index contributed by atoms with van der Waals surface area (Å²) in [5.41, 5.74) is 6.19. The first kappa shape index (κ1) is 16.3. The van der Waals surface area contributed by atoms with E-state index in [1.54, 1.807) is 7.11 Å². The molecule has 0 bridgehead atoms. The van der Waals surface area contributed by atoms with E-state index in [2.05, 4.69) is 4.90 Å². The largest absolute Gasteiger partial charge is 0.416 e. The van der Waals surface area contributed by atoms with Gasteiger partial charge in [-0.3, -0.25) is 4.90 Å². The van der Waals surface area contributed by atoms with E-state index < -0.39 is 11.7 Å². The van der Waals surface area contributed by atoms with Gasteiger partial charge in [0.05, 0.1) is 11.7 Å². The number of piperidine rings is 1. The fraction of sp³-hybridized carbons (Fsp3) is 0.600. The molecule has 0 amide bonds. The lowest BCUT2D eigenvalue weighted by Gasteiger charge is -2.33. The molecule has 1 fully saturated rings. The summed E-state index contributed by atoms with van der Waals surface area (Å²) in [5, 5.41) is 0. The SMILES string of the molecule is COC1CCCN(CC(N)c2ccc(C(F)(F)F)cc2)C1. The van der Waals surface area contributed by atoms with Crippen molar-refractivity contribution >= 4 is 0 Å². The van der Waals surface area contributed by atoms with Gasteiger partial charge in [-0.1, -0.05) is 12.1 Å².